The minimum Gasteiger partial charge on any atom is -0.466 e. The summed E-state index contributed by atoms with van der Waals surface area (Å²) in [6.45, 7) is 4.81. The van der Waals surface area contributed by atoms with Gasteiger partial charge >= 0.3 is 5.97 Å². The molecule has 0 aliphatic rings. The number of amides is 1. The number of carbonyl (C=O) groups is 2. The Morgan fingerprint density at radius 2 is 0.800 bits per heavy atom. The zero-order chi connectivity index (χ0) is 47.2. The number of aliphatic hydroxyl groups is 2. The number of hydrogen-bond donors (Lipinski definition) is 3. The molecule has 0 spiro atoms. The van der Waals surface area contributed by atoms with Gasteiger partial charge in [-0.2, -0.15) is 0 Å². The van der Waals surface area contributed by atoms with Crippen molar-refractivity contribution in [2.45, 2.75) is 315 Å². The Morgan fingerprint density at radius 1 is 0.431 bits per heavy atom. The fourth-order valence-corrected chi connectivity index (χ4v) is 8.73. The lowest BCUT2D eigenvalue weighted by atomic mass is 10.0. The molecule has 0 aromatic heterocycles. The molecule has 0 bridgehead atoms. The predicted molar refractivity (Wildman–Crippen MR) is 283 cm³/mol. The maximum atomic E-state index is 12.5. The first-order valence-corrected chi connectivity index (χ1v) is 28.8. The Morgan fingerprint density at radius 3 is 1.23 bits per heavy atom. The highest BCUT2D eigenvalue weighted by Gasteiger charge is 2.18. The van der Waals surface area contributed by atoms with E-state index < -0.39 is 12.1 Å². The van der Waals surface area contributed by atoms with Crippen molar-refractivity contribution in [1.82, 2.24) is 5.32 Å². The average Bonchev–Trinajstić information content (AvgIpc) is 3.31. The van der Waals surface area contributed by atoms with Gasteiger partial charge in [0.25, 0.3) is 0 Å². The van der Waals surface area contributed by atoms with E-state index in [0.29, 0.717) is 19.4 Å². The Balaban J connectivity index is 3.50. The number of allylic oxidation sites excluding steroid dienone is 5. The number of aliphatic hydroxyl groups excluding tert-OH is 2. The molecule has 2 unspecified atom stereocenters. The van der Waals surface area contributed by atoms with Crippen molar-refractivity contribution in [3.63, 3.8) is 0 Å². The van der Waals surface area contributed by atoms with Gasteiger partial charge in [0.2, 0.25) is 5.91 Å². The predicted octanol–water partition coefficient (Wildman–Crippen LogP) is 17.6. The first kappa shape index (κ1) is 63.1. The van der Waals surface area contributed by atoms with Gasteiger partial charge in [-0.25, -0.2) is 0 Å². The number of hydrogen-bond acceptors (Lipinski definition) is 5. The molecule has 65 heavy (non-hydrogen) atoms. The van der Waals surface area contributed by atoms with E-state index in [-0.39, 0.29) is 18.5 Å². The molecule has 0 saturated carbocycles. The summed E-state index contributed by atoms with van der Waals surface area (Å²) in [4.78, 5) is 24.5. The molecule has 0 aliphatic heterocycles. The number of ether oxygens (including phenoxy) is 1. The van der Waals surface area contributed by atoms with Gasteiger partial charge in [-0.3, -0.25) is 9.59 Å². The smallest absolute Gasteiger partial charge is 0.305 e. The molecular weight excluding hydrogens is 803 g/mol. The van der Waals surface area contributed by atoms with Crippen LogP contribution in [0.5, 0.6) is 0 Å². The summed E-state index contributed by atoms with van der Waals surface area (Å²) in [6, 6.07) is -0.642. The zero-order valence-electron chi connectivity index (χ0n) is 43.5. The molecule has 0 heterocycles. The van der Waals surface area contributed by atoms with Crippen LogP contribution >= 0.6 is 0 Å². The van der Waals surface area contributed by atoms with Gasteiger partial charge in [0.05, 0.1) is 25.4 Å². The first-order chi connectivity index (χ1) is 32.0. The third-order valence-electron chi connectivity index (χ3n) is 13.1. The van der Waals surface area contributed by atoms with Crippen LogP contribution < -0.4 is 5.32 Å². The molecule has 0 aliphatic carbocycles. The Labute approximate surface area is 404 Å². The fraction of sp³-hybridized carbons (Fsp3) is 0.864. The van der Waals surface area contributed by atoms with E-state index in [4.69, 9.17) is 4.74 Å². The molecular formula is C59H111NO5. The number of rotatable bonds is 53. The summed E-state index contributed by atoms with van der Waals surface area (Å²) >= 11 is 0. The molecule has 0 aromatic rings. The summed E-state index contributed by atoms with van der Waals surface area (Å²) in [5.74, 6) is -0.108. The lowest BCUT2D eigenvalue weighted by Crippen LogP contribution is -2.45. The maximum Gasteiger partial charge on any atom is 0.305 e. The standard InChI is InChI=1S/C59H111NO5/c1-3-5-7-9-11-13-15-17-18-19-20-21-22-23-24-25-26-28-31-35-39-43-47-51-57(62)56(55-61)60-58(63)52-48-44-40-36-32-29-30-34-38-42-46-50-54-65-59(64)53-49-45-41-37-33-27-16-14-12-10-8-6-4-2/h8,10,14,16,47,51,56-57,61-62H,3-7,9,11-13,15,17-46,48-50,52-55H2,1-2H3,(H,60,63)/b10-8-,16-14-,51-47+. The second-order valence-corrected chi connectivity index (χ2v) is 19.6. The topological polar surface area (TPSA) is 95.9 Å². The van der Waals surface area contributed by atoms with E-state index in [2.05, 4.69) is 43.5 Å². The third kappa shape index (κ3) is 51.3. The highest BCUT2D eigenvalue weighted by molar-refractivity contribution is 5.76. The van der Waals surface area contributed by atoms with Crippen LogP contribution in [0, 0.1) is 0 Å². The van der Waals surface area contributed by atoms with Crippen LogP contribution in [0.4, 0.5) is 0 Å². The number of unbranched alkanes of at least 4 members (excludes halogenated alkanes) is 38. The molecule has 1 amide bonds. The van der Waals surface area contributed by atoms with Crippen LogP contribution in [0.25, 0.3) is 0 Å². The normalized spacial score (nSPS) is 12.9. The Bertz CT molecular complexity index is 1060. The van der Waals surface area contributed by atoms with Crippen LogP contribution in [0.1, 0.15) is 303 Å². The van der Waals surface area contributed by atoms with E-state index in [1.54, 1.807) is 6.08 Å². The van der Waals surface area contributed by atoms with Crippen LogP contribution in [-0.2, 0) is 14.3 Å². The van der Waals surface area contributed by atoms with Crippen molar-refractivity contribution in [2.24, 2.45) is 0 Å². The minimum atomic E-state index is -0.857. The summed E-state index contributed by atoms with van der Waals surface area (Å²) in [7, 11) is 0. The molecule has 3 N–H and O–H groups in total. The van der Waals surface area contributed by atoms with Gasteiger partial charge in [0.1, 0.15) is 0 Å². The SMILES string of the molecule is CCC/C=C\C/C=C\CCCCCCCC(=O)OCCCCCCCCCCCCCCC(=O)NC(CO)C(O)/C=C/CCCCCCCCCCCCCCCCCCCCCCC. The summed E-state index contributed by atoms with van der Waals surface area (Å²) in [5.41, 5.74) is 0. The minimum absolute atomic E-state index is 0.0259. The van der Waals surface area contributed by atoms with E-state index in [1.807, 2.05) is 6.08 Å². The van der Waals surface area contributed by atoms with Gasteiger partial charge in [-0.05, 0) is 57.8 Å². The number of esters is 1. The molecule has 382 valence electrons. The molecule has 0 aromatic carbocycles. The van der Waals surface area contributed by atoms with Crippen LogP contribution in [0.3, 0.4) is 0 Å². The molecule has 6 nitrogen and oxygen atoms in total. The maximum absolute atomic E-state index is 12.5. The van der Waals surface area contributed by atoms with Crippen molar-refractivity contribution < 1.29 is 24.5 Å². The number of carbonyl (C=O) groups excluding carboxylic acids is 2. The lowest BCUT2D eigenvalue weighted by molar-refractivity contribution is -0.143. The highest BCUT2D eigenvalue weighted by atomic mass is 16.5. The molecule has 2 atom stereocenters. The van der Waals surface area contributed by atoms with Gasteiger partial charge in [-0.15, -0.1) is 0 Å². The largest absolute Gasteiger partial charge is 0.466 e. The van der Waals surface area contributed by atoms with E-state index in [0.717, 1.165) is 70.6 Å². The molecule has 0 fully saturated rings. The van der Waals surface area contributed by atoms with Gasteiger partial charge < -0.3 is 20.3 Å². The van der Waals surface area contributed by atoms with Crippen molar-refractivity contribution in [3.8, 4) is 0 Å². The fourth-order valence-electron chi connectivity index (χ4n) is 8.73. The van der Waals surface area contributed by atoms with E-state index in [9.17, 15) is 19.8 Å². The molecule has 0 rings (SSSR count). The monoisotopic (exact) mass is 914 g/mol. The number of nitrogens with one attached hydrogen (secondary N) is 1. The van der Waals surface area contributed by atoms with Crippen molar-refractivity contribution in [2.75, 3.05) is 13.2 Å². The van der Waals surface area contributed by atoms with Crippen LogP contribution in [0.2, 0.25) is 0 Å². The van der Waals surface area contributed by atoms with Crippen LogP contribution in [0.15, 0.2) is 36.5 Å². The molecule has 0 saturated heterocycles. The Kier molecular flexibility index (Phi) is 53.1. The second-order valence-electron chi connectivity index (χ2n) is 19.6. The van der Waals surface area contributed by atoms with Gasteiger partial charge in [-0.1, -0.05) is 269 Å². The average molecular weight is 915 g/mol. The summed E-state index contributed by atoms with van der Waals surface area (Å²) in [5, 5.41) is 23.2. The third-order valence-corrected chi connectivity index (χ3v) is 13.1. The van der Waals surface area contributed by atoms with Crippen molar-refractivity contribution in [3.05, 3.63) is 36.5 Å². The second kappa shape index (κ2) is 54.7. The molecule has 6 heteroatoms. The van der Waals surface area contributed by atoms with Gasteiger partial charge in [0, 0.05) is 12.8 Å². The summed E-state index contributed by atoms with van der Waals surface area (Å²) in [6.07, 6.45) is 67.3. The van der Waals surface area contributed by atoms with E-state index in [1.165, 1.54) is 205 Å². The molecule has 0 radical (unpaired) electrons. The Hall–Kier alpha value is -1.92. The van der Waals surface area contributed by atoms with Crippen LogP contribution in [-0.4, -0.2) is 47.4 Å². The quantitative estimate of drug-likeness (QED) is 0.0321. The lowest BCUT2D eigenvalue weighted by Gasteiger charge is -2.20. The first-order valence-electron chi connectivity index (χ1n) is 28.8. The summed E-state index contributed by atoms with van der Waals surface area (Å²) < 4.78 is 5.45. The van der Waals surface area contributed by atoms with E-state index >= 15 is 0 Å². The van der Waals surface area contributed by atoms with Crippen molar-refractivity contribution >= 4 is 11.9 Å². The highest BCUT2D eigenvalue weighted by Crippen LogP contribution is 2.17. The van der Waals surface area contributed by atoms with Crippen molar-refractivity contribution in [1.29, 1.82) is 0 Å². The van der Waals surface area contributed by atoms with Gasteiger partial charge in [0.15, 0.2) is 0 Å². The zero-order valence-corrected chi connectivity index (χ0v) is 43.5.